The Hall–Kier alpha value is -0.813. The molecule has 0 saturated carbocycles. The van der Waals surface area contributed by atoms with Crippen molar-refractivity contribution in [2.75, 3.05) is 6.61 Å². The standard InChI is InChI=1S/C30H43Cl3O2Si/c1-5-17-27(34)29(33)28(32)26(31)22-15-7-6-8-16-23-35-36(30(2,3)4,24-18-11-9-12-19-24)25-20-13-10-14-21-25/h5,9-14,17-21,26-29,34H,6-8,15-16,22-23H2,1-4H3/b17-5-/t26-,27-,28+,29+/m1/s1. The maximum absolute atomic E-state index is 10.0. The molecule has 0 spiro atoms. The van der Waals surface area contributed by atoms with Gasteiger partial charge in [0.15, 0.2) is 0 Å². The fraction of sp³-hybridized carbons (Fsp3) is 0.533. The highest BCUT2D eigenvalue weighted by molar-refractivity contribution is 6.99. The van der Waals surface area contributed by atoms with Crippen LogP contribution in [0.15, 0.2) is 72.8 Å². The van der Waals surface area contributed by atoms with Gasteiger partial charge in [0.1, 0.15) is 0 Å². The number of alkyl halides is 3. The molecule has 0 bridgehead atoms. The van der Waals surface area contributed by atoms with Gasteiger partial charge < -0.3 is 9.53 Å². The van der Waals surface area contributed by atoms with Crippen molar-refractivity contribution in [3.05, 3.63) is 72.8 Å². The summed E-state index contributed by atoms with van der Waals surface area (Å²) in [6.45, 7) is 9.54. The largest absolute Gasteiger partial charge is 0.407 e. The van der Waals surface area contributed by atoms with Crippen LogP contribution in [0.25, 0.3) is 0 Å². The van der Waals surface area contributed by atoms with Gasteiger partial charge in [0.2, 0.25) is 0 Å². The van der Waals surface area contributed by atoms with Crippen LogP contribution in [-0.2, 0) is 4.43 Å². The number of halogens is 3. The van der Waals surface area contributed by atoms with E-state index in [1.807, 2.05) is 6.92 Å². The van der Waals surface area contributed by atoms with E-state index in [-0.39, 0.29) is 10.4 Å². The molecule has 6 heteroatoms. The first-order valence-corrected chi connectivity index (χ1v) is 16.3. The molecule has 0 aromatic heterocycles. The predicted molar refractivity (Wildman–Crippen MR) is 161 cm³/mol. The molecule has 0 amide bonds. The van der Waals surface area contributed by atoms with Gasteiger partial charge >= 0.3 is 0 Å². The Morgan fingerprint density at radius 2 is 1.31 bits per heavy atom. The second-order valence-corrected chi connectivity index (χ2v) is 16.4. The van der Waals surface area contributed by atoms with Gasteiger partial charge in [0.25, 0.3) is 8.32 Å². The summed E-state index contributed by atoms with van der Waals surface area (Å²) in [4.78, 5) is 0. The fourth-order valence-corrected chi connectivity index (χ4v) is 10.3. The van der Waals surface area contributed by atoms with Gasteiger partial charge in [0.05, 0.1) is 22.2 Å². The maximum atomic E-state index is 10.0. The third-order valence-electron chi connectivity index (χ3n) is 6.73. The van der Waals surface area contributed by atoms with Crippen LogP contribution in [0.2, 0.25) is 5.04 Å². The monoisotopic (exact) mass is 568 g/mol. The van der Waals surface area contributed by atoms with E-state index < -0.39 is 25.2 Å². The zero-order valence-corrected chi connectivity index (χ0v) is 25.4. The molecule has 2 aromatic rings. The van der Waals surface area contributed by atoms with Crippen molar-refractivity contribution < 1.29 is 9.53 Å². The third-order valence-corrected chi connectivity index (χ3v) is 13.6. The molecule has 2 nitrogen and oxygen atoms in total. The normalized spacial score (nSPS) is 16.1. The number of rotatable bonds is 15. The van der Waals surface area contributed by atoms with Crippen LogP contribution in [0.1, 0.15) is 66.2 Å². The minimum Gasteiger partial charge on any atom is -0.407 e. The average molecular weight is 570 g/mol. The van der Waals surface area contributed by atoms with E-state index in [0.717, 1.165) is 45.1 Å². The molecule has 36 heavy (non-hydrogen) atoms. The molecule has 0 heterocycles. The molecule has 0 fully saturated rings. The number of benzene rings is 2. The Morgan fingerprint density at radius 3 is 1.81 bits per heavy atom. The van der Waals surface area contributed by atoms with Gasteiger partial charge in [-0.2, -0.15) is 0 Å². The second kappa shape index (κ2) is 15.6. The maximum Gasteiger partial charge on any atom is 0.261 e. The average Bonchev–Trinajstić information content (AvgIpc) is 2.87. The van der Waals surface area contributed by atoms with Crippen LogP contribution in [-0.4, -0.2) is 42.3 Å². The molecule has 2 rings (SSSR count). The zero-order valence-electron chi connectivity index (χ0n) is 22.2. The van der Waals surface area contributed by atoms with Crippen LogP contribution in [0.4, 0.5) is 0 Å². The molecule has 0 aliphatic rings. The Morgan fingerprint density at radius 1 is 0.806 bits per heavy atom. The second-order valence-electron chi connectivity index (χ2n) is 10.5. The predicted octanol–water partition coefficient (Wildman–Crippen LogP) is 7.66. The first-order valence-electron chi connectivity index (χ1n) is 13.1. The van der Waals surface area contributed by atoms with Gasteiger partial charge in [-0.3, -0.25) is 0 Å². The summed E-state index contributed by atoms with van der Waals surface area (Å²) in [6.07, 6.45) is 8.80. The van der Waals surface area contributed by atoms with Crippen molar-refractivity contribution in [1.82, 2.24) is 0 Å². The highest BCUT2D eigenvalue weighted by atomic mass is 35.5. The van der Waals surface area contributed by atoms with E-state index in [2.05, 4.69) is 81.4 Å². The van der Waals surface area contributed by atoms with Crippen molar-refractivity contribution in [2.24, 2.45) is 0 Å². The van der Waals surface area contributed by atoms with E-state index in [1.54, 1.807) is 12.2 Å². The van der Waals surface area contributed by atoms with Gasteiger partial charge in [-0.25, -0.2) is 0 Å². The molecule has 0 saturated heterocycles. The quantitative estimate of drug-likeness (QED) is 0.103. The lowest BCUT2D eigenvalue weighted by molar-refractivity contribution is 0.213. The van der Waals surface area contributed by atoms with Gasteiger partial charge in [0, 0.05) is 6.61 Å². The molecule has 1 N–H and O–H groups in total. The molecule has 2 aromatic carbocycles. The van der Waals surface area contributed by atoms with E-state index in [9.17, 15) is 5.11 Å². The first kappa shape index (κ1) is 31.4. The lowest BCUT2D eigenvalue weighted by Crippen LogP contribution is -2.66. The molecule has 200 valence electrons. The van der Waals surface area contributed by atoms with E-state index in [1.165, 1.54) is 10.4 Å². The summed E-state index contributed by atoms with van der Waals surface area (Å²) < 4.78 is 6.97. The van der Waals surface area contributed by atoms with Crippen LogP contribution in [0, 0.1) is 0 Å². The van der Waals surface area contributed by atoms with Crippen LogP contribution in [0.5, 0.6) is 0 Å². The van der Waals surface area contributed by atoms with E-state index in [4.69, 9.17) is 39.2 Å². The number of hydrogen-bond donors (Lipinski definition) is 1. The number of aliphatic hydroxyl groups is 1. The summed E-state index contributed by atoms with van der Waals surface area (Å²) >= 11 is 19.2. The topological polar surface area (TPSA) is 29.5 Å². The molecule has 4 atom stereocenters. The Balaban J connectivity index is 1.86. The van der Waals surface area contributed by atoms with Crippen molar-refractivity contribution in [2.45, 2.75) is 93.5 Å². The smallest absolute Gasteiger partial charge is 0.261 e. The van der Waals surface area contributed by atoms with Gasteiger partial charge in [-0.05, 0) is 35.2 Å². The van der Waals surface area contributed by atoms with Crippen LogP contribution in [0.3, 0.4) is 0 Å². The van der Waals surface area contributed by atoms with E-state index >= 15 is 0 Å². The Bertz CT molecular complexity index is 847. The van der Waals surface area contributed by atoms with Crippen LogP contribution >= 0.6 is 34.8 Å². The summed E-state index contributed by atoms with van der Waals surface area (Å²) in [7, 11) is -2.45. The lowest BCUT2D eigenvalue weighted by atomic mass is 10.0. The Labute approximate surface area is 235 Å². The first-order chi connectivity index (χ1) is 17.1. The number of unbranched alkanes of at least 4 members (excludes halogenated alkanes) is 4. The molecule has 0 unspecified atom stereocenters. The molecular formula is C30H43Cl3O2Si. The summed E-state index contributed by atoms with van der Waals surface area (Å²) in [5.41, 5.74) is 0. The van der Waals surface area contributed by atoms with Crippen molar-refractivity contribution in [3.63, 3.8) is 0 Å². The van der Waals surface area contributed by atoms with Gasteiger partial charge in [-0.15, -0.1) is 34.8 Å². The fourth-order valence-electron chi connectivity index (χ4n) is 4.81. The summed E-state index contributed by atoms with van der Waals surface area (Å²) in [5, 5.41) is 11.3. The molecular weight excluding hydrogens is 527 g/mol. The zero-order chi connectivity index (χ0) is 26.6. The number of allylic oxidation sites excluding steroid dienone is 1. The minimum atomic E-state index is -2.45. The summed E-state index contributed by atoms with van der Waals surface area (Å²) in [6, 6.07) is 21.6. The summed E-state index contributed by atoms with van der Waals surface area (Å²) in [5.74, 6) is 0. The van der Waals surface area contributed by atoms with Crippen molar-refractivity contribution >= 4 is 53.5 Å². The minimum absolute atomic E-state index is 0.00391. The van der Waals surface area contributed by atoms with Crippen LogP contribution < -0.4 is 10.4 Å². The van der Waals surface area contributed by atoms with Gasteiger partial charge in [-0.1, -0.05) is 119 Å². The number of aliphatic hydroxyl groups excluding tert-OH is 1. The molecule has 0 aliphatic heterocycles. The van der Waals surface area contributed by atoms with Crippen molar-refractivity contribution in [1.29, 1.82) is 0 Å². The van der Waals surface area contributed by atoms with E-state index in [0.29, 0.717) is 0 Å². The highest BCUT2D eigenvalue weighted by Gasteiger charge is 2.49. The highest BCUT2D eigenvalue weighted by Crippen LogP contribution is 2.37. The third kappa shape index (κ3) is 8.61. The Kier molecular flexibility index (Phi) is 13.6. The number of hydrogen-bond acceptors (Lipinski definition) is 2. The molecule has 0 aliphatic carbocycles. The lowest BCUT2D eigenvalue weighted by Gasteiger charge is -2.43. The molecule has 0 radical (unpaired) electrons. The van der Waals surface area contributed by atoms with Crippen molar-refractivity contribution in [3.8, 4) is 0 Å². The SMILES string of the molecule is C/C=C\[C@@H](O)[C@H](Cl)[C@@H](Cl)[C@H](Cl)CCCCCCCO[Si](c1ccccc1)(c1ccccc1)C(C)(C)C.